The Labute approximate surface area is 88.5 Å². The van der Waals surface area contributed by atoms with Gasteiger partial charge in [0.05, 0.1) is 17.9 Å². The van der Waals surface area contributed by atoms with Gasteiger partial charge in [-0.15, -0.1) is 0 Å². The Morgan fingerprint density at radius 2 is 2.31 bits per heavy atom. The van der Waals surface area contributed by atoms with Crippen molar-refractivity contribution in [3.63, 3.8) is 0 Å². The van der Waals surface area contributed by atoms with Crippen LogP contribution in [0.2, 0.25) is 5.02 Å². The minimum atomic E-state index is 0.545. The van der Waals surface area contributed by atoms with Gasteiger partial charge in [0.1, 0.15) is 5.75 Å². The van der Waals surface area contributed by atoms with E-state index < -0.39 is 0 Å². The molecule has 0 aliphatic heterocycles. The molecule has 0 atom stereocenters. The average molecular weight is 213 g/mol. The minimum absolute atomic E-state index is 0.545. The fraction of sp³-hybridized carbons (Fsp3) is 0.200. The second-order valence-electron chi connectivity index (χ2n) is 2.31. The lowest BCUT2D eigenvalue weighted by Crippen LogP contribution is -1.84. The van der Waals surface area contributed by atoms with E-state index in [1.54, 1.807) is 19.2 Å². The van der Waals surface area contributed by atoms with Gasteiger partial charge in [-0.1, -0.05) is 23.4 Å². The molecular formula is C10H9ClOS. The molecule has 0 aliphatic rings. The Hall–Kier alpha value is -0.780. The fourth-order valence-electron chi connectivity index (χ4n) is 0.886. The summed E-state index contributed by atoms with van der Waals surface area (Å²) in [4.78, 5) is 0. The van der Waals surface area contributed by atoms with E-state index in [1.807, 2.05) is 6.07 Å². The van der Waals surface area contributed by atoms with Gasteiger partial charge in [0.15, 0.2) is 0 Å². The Balaban J connectivity index is 2.96. The van der Waals surface area contributed by atoms with Gasteiger partial charge in [-0.05, 0) is 18.2 Å². The highest BCUT2D eigenvalue weighted by molar-refractivity contribution is 7.80. The zero-order chi connectivity index (χ0) is 9.68. The third kappa shape index (κ3) is 2.87. The standard InChI is InChI=1S/C10H9ClOS/c1-12-10-5-4-8(3-2-6-13)7-9(10)11/h4-5,7,13H,6H2,1H3. The number of thiol groups is 1. The second kappa shape index (κ2) is 5.06. The van der Waals surface area contributed by atoms with Crippen LogP contribution in [0.3, 0.4) is 0 Å². The summed E-state index contributed by atoms with van der Waals surface area (Å²) in [5, 5.41) is 0.577. The third-order valence-corrected chi connectivity index (χ3v) is 1.92. The van der Waals surface area contributed by atoms with Gasteiger partial charge in [0.2, 0.25) is 0 Å². The van der Waals surface area contributed by atoms with Crippen LogP contribution in [0.4, 0.5) is 0 Å². The molecule has 0 heterocycles. The quantitative estimate of drug-likeness (QED) is 0.556. The summed E-state index contributed by atoms with van der Waals surface area (Å²) < 4.78 is 5.01. The predicted molar refractivity (Wildman–Crippen MR) is 58.7 cm³/mol. The highest BCUT2D eigenvalue weighted by atomic mass is 35.5. The molecular weight excluding hydrogens is 204 g/mol. The van der Waals surface area contributed by atoms with E-state index in [9.17, 15) is 0 Å². The second-order valence-corrected chi connectivity index (χ2v) is 3.03. The van der Waals surface area contributed by atoms with Crippen molar-refractivity contribution < 1.29 is 4.74 Å². The molecule has 0 saturated carbocycles. The van der Waals surface area contributed by atoms with Gasteiger partial charge in [-0.2, -0.15) is 12.6 Å². The Morgan fingerprint density at radius 3 is 2.85 bits per heavy atom. The average Bonchev–Trinajstić information content (AvgIpc) is 2.15. The zero-order valence-electron chi connectivity index (χ0n) is 7.17. The number of ether oxygens (including phenoxy) is 1. The minimum Gasteiger partial charge on any atom is -0.495 e. The van der Waals surface area contributed by atoms with Crippen molar-refractivity contribution in [1.29, 1.82) is 0 Å². The normalized spacial score (nSPS) is 8.85. The van der Waals surface area contributed by atoms with Crippen LogP contribution in [0.25, 0.3) is 0 Å². The molecule has 0 amide bonds. The van der Waals surface area contributed by atoms with Crippen LogP contribution in [-0.4, -0.2) is 12.9 Å². The number of rotatable bonds is 1. The number of hydrogen-bond acceptors (Lipinski definition) is 2. The van der Waals surface area contributed by atoms with E-state index in [4.69, 9.17) is 16.3 Å². The summed E-state index contributed by atoms with van der Waals surface area (Å²) in [6, 6.07) is 5.43. The molecule has 1 aromatic rings. The van der Waals surface area contributed by atoms with Crippen molar-refractivity contribution in [3.05, 3.63) is 28.8 Å². The van der Waals surface area contributed by atoms with Crippen molar-refractivity contribution in [2.24, 2.45) is 0 Å². The molecule has 0 radical (unpaired) electrons. The first-order valence-electron chi connectivity index (χ1n) is 3.71. The molecule has 0 aliphatic carbocycles. The van der Waals surface area contributed by atoms with Crippen LogP contribution in [0.1, 0.15) is 5.56 Å². The monoisotopic (exact) mass is 212 g/mol. The summed E-state index contributed by atoms with van der Waals surface area (Å²) in [6.07, 6.45) is 0. The first-order valence-corrected chi connectivity index (χ1v) is 4.72. The molecule has 0 saturated heterocycles. The Morgan fingerprint density at radius 1 is 1.54 bits per heavy atom. The lowest BCUT2D eigenvalue weighted by molar-refractivity contribution is 0.415. The third-order valence-electron chi connectivity index (χ3n) is 1.46. The van der Waals surface area contributed by atoms with Gasteiger partial charge in [-0.25, -0.2) is 0 Å². The lowest BCUT2D eigenvalue weighted by Gasteiger charge is -2.01. The maximum Gasteiger partial charge on any atom is 0.137 e. The Bertz CT molecular complexity index is 352. The molecule has 1 nitrogen and oxygen atoms in total. The van der Waals surface area contributed by atoms with Crippen molar-refractivity contribution in [1.82, 2.24) is 0 Å². The van der Waals surface area contributed by atoms with Gasteiger partial charge < -0.3 is 4.74 Å². The van der Waals surface area contributed by atoms with Crippen molar-refractivity contribution >= 4 is 24.2 Å². The molecule has 0 N–H and O–H groups in total. The molecule has 13 heavy (non-hydrogen) atoms. The van der Waals surface area contributed by atoms with Crippen molar-refractivity contribution in [3.8, 4) is 17.6 Å². The number of methoxy groups -OCH3 is 1. The first-order chi connectivity index (χ1) is 6.27. The molecule has 1 aromatic carbocycles. The molecule has 1 rings (SSSR count). The van der Waals surface area contributed by atoms with E-state index in [0.717, 1.165) is 5.56 Å². The summed E-state index contributed by atoms with van der Waals surface area (Å²) in [7, 11) is 1.58. The van der Waals surface area contributed by atoms with E-state index in [0.29, 0.717) is 16.5 Å². The van der Waals surface area contributed by atoms with Crippen LogP contribution in [0.5, 0.6) is 5.75 Å². The molecule has 0 bridgehead atoms. The first kappa shape index (κ1) is 10.3. The fourth-order valence-corrected chi connectivity index (χ4v) is 1.22. The van der Waals surface area contributed by atoms with Crippen LogP contribution >= 0.6 is 24.2 Å². The van der Waals surface area contributed by atoms with E-state index >= 15 is 0 Å². The lowest BCUT2D eigenvalue weighted by atomic mass is 10.2. The topological polar surface area (TPSA) is 9.23 Å². The molecule has 0 aromatic heterocycles. The largest absolute Gasteiger partial charge is 0.495 e. The highest BCUT2D eigenvalue weighted by Crippen LogP contribution is 2.24. The zero-order valence-corrected chi connectivity index (χ0v) is 8.82. The van der Waals surface area contributed by atoms with Gasteiger partial charge >= 0.3 is 0 Å². The van der Waals surface area contributed by atoms with Crippen molar-refractivity contribution in [2.75, 3.05) is 12.9 Å². The number of benzene rings is 1. The number of halogens is 1. The van der Waals surface area contributed by atoms with Gasteiger partial charge in [-0.3, -0.25) is 0 Å². The van der Waals surface area contributed by atoms with Crippen LogP contribution in [0.15, 0.2) is 18.2 Å². The summed E-state index contributed by atoms with van der Waals surface area (Å²) >= 11 is 9.88. The molecule has 0 spiro atoms. The molecule has 68 valence electrons. The van der Waals surface area contributed by atoms with Gasteiger partial charge in [0, 0.05) is 5.56 Å². The van der Waals surface area contributed by atoms with E-state index in [-0.39, 0.29) is 0 Å². The summed E-state index contributed by atoms with van der Waals surface area (Å²) in [5.74, 6) is 6.97. The van der Waals surface area contributed by atoms with E-state index in [2.05, 4.69) is 24.5 Å². The smallest absolute Gasteiger partial charge is 0.137 e. The predicted octanol–water partition coefficient (Wildman–Crippen LogP) is 2.63. The maximum atomic E-state index is 5.90. The molecule has 3 heteroatoms. The summed E-state index contributed by atoms with van der Waals surface area (Å²) in [5.41, 5.74) is 0.875. The van der Waals surface area contributed by atoms with Crippen LogP contribution in [0, 0.1) is 11.8 Å². The SMILES string of the molecule is COc1ccc(C#CCS)cc1Cl. The van der Waals surface area contributed by atoms with Gasteiger partial charge in [0.25, 0.3) is 0 Å². The number of hydrogen-bond donors (Lipinski definition) is 1. The highest BCUT2D eigenvalue weighted by Gasteiger charge is 1.98. The van der Waals surface area contributed by atoms with Crippen LogP contribution in [-0.2, 0) is 0 Å². The summed E-state index contributed by atoms with van der Waals surface area (Å²) in [6.45, 7) is 0. The Kier molecular flexibility index (Phi) is 4.01. The molecule has 0 unspecified atom stereocenters. The maximum absolute atomic E-state index is 5.90. The van der Waals surface area contributed by atoms with Crippen molar-refractivity contribution in [2.45, 2.75) is 0 Å². The van der Waals surface area contributed by atoms with Crippen LogP contribution < -0.4 is 4.74 Å². The molecule has 0 fully saturated rings. The van der Waals surface area contributed by atoms with E-state index in [1.165, 1.54) is 0 Å².